The van der Waals surface area contributed by atoms with Gasteiger partial charge in [-0.15, -0.1) is 11.8 Å². The predicted molar refractivity (Wildman–Crippen MR) is 77.1 cm³/mol. The average Bonchev–Trinajstić information content (AvgIpc) is 2.38. The van der Waals surface area contributed by atoms with Crippen LogP contribution in [-0.4, -0.2) is 11.1 Å². The summed E-state index contributed by atoms with van der Waals surface area (Å²) < 4.78 is 0.781. The fourth-order valence-electron chi connectivity index (χ4n) is 1.53. The smallest absolute Gasteiger partial charge is 0.336 e. The van der Waals surface area contributed by atoms with Gasteiger partial charge in [0.2, 0.25) is 0 Å². The second-order valence-corrected chi connectivity index (χ2v) is 5.65. The lowest BCUT2D eigenvalue weighted by molar-refractivity contribution is 0.0693. The number of aromatic carboxylic acids is 1. The summed E-state index contributed by atoms with van der Waals surface area (Å²) in [7, 11) is 0. The van der Waals surface area contributed by atoms with Crippen LogP contribution in [0.4, 0.5) is 0 Å². The molecule has 2 rings (SSSR count). The molecule has 0 atom stereocenters. The molecule has 0 fully saturated rings. The van der Waals surface area contributed by atoms with Crippen molar-refractivity contribution in [3.63, 3.8) is 0 Å². The van der Waals surface area contributed by atoms with Gasteiger partial charge in [0.05, 0.1) is 5.56 Å². The van der Waals surface area contributed by atoms with E-state index in [1.807, 2.05) is 42.5 Å². The van der Waals surface area contributed by atoms with E-state index in [-0.39, 0.29) is 0 Å². The van der Waals surface area contributed by atoms with Crippen molar-refractivity contribution in [3.8, 4) is 0 Å². The molecule has 0 heterocycles. The van der Waals surface area contributed by atoms with Crippen molar-refractivity contribution in [2.75, 3.05) is 0 Å². The predicted octanol–water partition coefficient (Wildman–Crippen LogP) is 4.44. The number of rotatable bonds is 4. The van der Waals surface area contributed by atoms with Crippen molar-refractivity contribution < 1.29 is 9.90 Å². The normalized spacial score (nSPS) is 10.3. The van der Waals surface area contributed by atoms with Crippen molar-refractivity contribution in [2.45, 2.75) is 10.6 Å². The molecule has 92 valence electrons. The van der Waals surface area contributed by atoms with Crippen LogP contribution in [0, 0.1) is 0 Å². The zero-order valence-corrected chi connectivity index (χ0v) is 11.9. The highest BCUT2D eigenvalue weighted by atomic mass is 79.9. The molecule has 18 heavy (non-hydrogen) atoms. The van der Waals surface area contributed by atoms with E-state index in [1.165, 1.54) is 17.3 Å². The zero-order valence-electron chi connectivity index (χ0n) is 9.47. The van der Waals surface area contributed by atoms with Crippen molar-refractivity contribution in [1.82, 2.24) is 0 Å². The molecule has 0 aliphatic heterocycles. The van der Waals surface area contributed by atoms with Crippen molar-refractivity contribution in [3.05, 3.63) is 64.1 Å². The fraction of sp³-hybridized carbons (Fsp3) is 0.0714. The number of thioether (sulfide) groups is 1. The Bertz CT molecular complexity index is 555. The number of hydrogen-bond acceptors (Lipinski definition) is 2. The van der Waals surface area contributed by atoms with Gasteiger partial charge in [0.15, 0.2) is 0 Å². The number of carboxylic acids is 1. The molecular weight excluding hydrogens is 312 g/mol. The van der Waals surface area contributed by atoms with Gasteiger partial charge in [-0.2, -0.15) is 0 Å². The minimum atomic E-state index is -0.896. The maximum Gasteiger partial charge on any atom is 0.336 e. The molecule has 0 aliphatic carbocycles. The molecule has 0 amide bonds. The summed E-state index contributed by atoms with van der Waals surface area (Å²) in [5.41, 5.74) is 1.52. The molecule has 0 saturated carbocycles. The van der Waals surface area contributed by atoms with Crippen LogP contribution in [0.1, 0.15) is 15.9 Å². The van der Waals surface area contributed by atoms with E-state index >= 15 is 0 Å². The molecule has 2 aromatic carbocycles. The standard InChI is InChI=1S/C14H11BrO2S/c15-11-6-7-13(12(8-11)14(16)17)18-9-10-4-2-1-3-5-10/h1-8H,9H2,(H,16,17). The Hall–Kier alpha value is -1.26. The number of halogens is 1. The van der Waals surface area contributed by atoms with Crippen molar-refractivity contribution in [1.29, 1.82) is 0 Å². The molecule has 0 spiro atoms. The lowest BCUT2D eigenvalue weighted by atomic mass is 10.2. The summed E-state index contributed by atoms with van der Waals surface area (Å²) in [4.78, 5) is 11.9. The lowest BCUT2D eigenvalue weighted by Gasteiger charge is -2.06. The van der Waals surface area contributed by atoms with Crippen LogP contribution in [0.5, 0.6) is 0 Å². The van der Waals surface area contributed by atoms with Crippen LogP contribution in [0.15, 0.2) is 57.9 Å². The summed E-state index contributed by atoms with van der Waals surface area (Å²) in [5.74, 6) is -0.130. The quantitative estimate of drug-likeness (QED) is 0.845. The minimum absolute atomic E-state index is 0.338. The molecule has 2 nitrogen and oxygen atoms in total. The monoisotopic (exact) mass is 322 g/mol. The minimum Gasteiger partial charge on any atom is -0.478 e. The molecule has 0 unspecified atom stereocenters. The molecule has 0 aromatic heterocycles. The number of carboxylic acid groups (broad SMARTS) is 1. The Morgan fingerprint density at radius 1 is 1.17 bits per heavy atom. The van der Waals surface area contributed by atoms with Crippen LogP contribution in [-0.2, 0) is 5.75 Å². The first-order valence-electron chi connectivity index (χ1n) is 5.36. The third-order valence-electron chi connectivity index (χ3n) is 2.41. The Morgan fingerprint density at radius 3 is 2.56 bits per heavy atom. The van der Waals surface area contributed by atoms with E-state index in [0.29, 0.717) is 5.56 Å². The van der Waals surface area contributed by atoms with Crippen molar-refractivity contribution in [2.24, 2.45) is 0 Å². The topological polar surface area (TPSA) is 37.3 Å². The van der Waals surface area contributed by atoms with Gasteiger partial charge in [0, 0.05) is 15.1 Å². The van der Waals surface area contributed by atoms with Crippen LogP contribution >= 0.6 is 27.7 Å². The van der Waals surface area contributed by atoms with E-state index in [9.17, 15) is 4.79 Å². The maximum absolute atomic E-state index is 11.2. The summed E-state index contributed by atoms with van der Waals surface area (Å²) in [5, 5.41) is 9.15. The number of carbonyl (C=O) groups is 1. The van der Waals surface area contributed by atoms with E-state index in [2.05, 4.69) is 15.9 Å². The number of hydrogen-bond donors (Lipinski definition) is 1. The van der Waals surface area contributed by atoms with E-state index in [1.54, 1.807) is 6.07 Å². The first kappa shape index (κ1) is 13.2. The summed E-state index contributed by atoms with van der Waals surface area (Å²) in [6.07, 6.45) is 0. The van der Waals surface area contributed by atoms with Gasteiger partial charge in [-0.3, -0.25) is 0 Å². The Kier molecular flexibility index (Phi) is 4.44. The maximum atomic E-state index is 11.2. The highest BCUT2D eigenvalue weighted by Crippen LogP contribution is 2.28. The van der Waals surface area contributed by atoms with Gasteiger partial charge in [-0.1, -0.05) is 46.3 Å². The molecule has 1 N–H and O–H groups in total. The molecular formula is C14H11BrO2S. The van der Waals surface area contributed by atoms with Gasteiger partial charge in [-0.05, 0) is 23.8 Å². The summed E-state index contributed by atoms with van der Waals surface area (Å²) >= 11 is 4.82. The first-order valence-corrected chi connectivity index (χ1v) is 7.14. The van der Waals surface area contributed by atoms with E-state index < -0.39 is 5.97 Å². The molecule has 0 saturated heterocycles. The SMILES string of the molecule is O=C(O)c1cc(Br)ccc1SCc1ccccc1. The van der Waals surface area contributed by atoms with Crippen LogP contribution in [0.2, 0.25) is 0 Å². The Morgan fingerprint density at radius 2 is 1.89 bits per heavy atom. The van der Waals surface area contributed by atoms with Gasteiger partial charge in [-0.25, -0.2) is 4.79 Å². The summed E-state index contributed by atoms with van der Waals surface area (Å²) in [6.45, 7) is 0. The summed E-state index contributed by atoms with van der Waals surface area (Å²) in [6, 6.07) is 15.3. The van der Waals surface area contributed by atoms with Crippen molar-refractivity contribution >= 4 is 33.7 Å². The molecule has 0 bridgehead atoms. The highest BCUT2D eigenvalue weighted by Gasteiger charge is 2.10. The van der Waals surface area contributed by atoms with E-state index in [4.69, 9.17) is 5.11 Å². The Labute approximate surface area is 118 Å². The molecule has 0 aliphatic rings. The van der Waals surface area contributed by atoms with Gasteiger partial charge in [0.25, 0.3) is 0 Å². The van der Waals surface area contributed by atoms with E-state index in [0.717, 1.165) is 15.1 Å². The van der Waals surface area contributed by atoms with Gasteiger partial charge in [0.1, 0.15) is 0 Å². The number of benzene rings is 2. The third kappa shape index (κ3) is 3.37. The fourth-order valence-corrected chi connectivity index (χ4v) is 2.87. The second kappa shape index (κ2) is 6.07. The lowest BCUT2D eigenvalue weighted by Crippen LogP contribution is -1.98. The molecule has 0 radical (unpaired) electrons. The van der Waals surface area contributed by atoms with Gasteiger partial charge >= 0.3 is 5.97 Å². The Balaban J connectivity index is 2.17. The third-order valence-corrected chi connectivity index (χ3v) is 4.05. The second-order valence-electron chi connectivity index (χ2n) is 3.72. The first-order chi connectivity index (χ1) is 8.66. The largest absolute Gasteiger partial charge is 0.478 e. The highest BCUT2D eigenvalue weighted by molar-refractivity contribution is 9.10. The zero-order chi connectivity index (χ0) is 13.0. The molecule has 4 heteroatoms. The average molecular weight is 323 g/mol. The molecule has 2 aromatic rings. The van der Waals surface area contributed by atoms with Crippen LogP contribution < -0.4 is 0 Å². The van der Waals surface area contributed by atoms with Crippen LogP contribution in [0.3, 0.4) is 0 Å². The van der Waals surface area contributed by atoms with Gasteiger partial charge < -0.3 is 5.11 Å². The van der Waals surface area contributed by atoms with Crippen LogP contribution in [0.25, 0.3) is 0 Å².